The molecule has 4 nitrogen and oxygen atoms in total. The lowest BCUT2D eigenvalue weighted by Crippen LogP contribution is -2.26. The Bertz CT molecular complexity index is 606. The van der Waals surface area contributed by atoms with E-state index >= 15 is 0 Å². The Morgan fingerprint density at radius 1 is 1.33 bits per heavy atom. The highest BCUT2D eigenvalue weighted by Gasteiger charge is 2.27. The van der Waals surface area contributed by atoms with Crippen LogP contribution in [0.15, 0.2) is 30.6 Å². The van der Waals surface area contributed by atoms with Crippen LogP contribution in [0.2, 0.25) is 0 Å². The van der Waals surface area contributed by atoms with Gasteiger partial charge in [-0.05, 0) is 44.2 Å². The minimum Gasteiger partial charge on any atom is -0.392 e. The summed E-state index contributed by atoms with van der Waals surface area (Å²) in [6.07, 6.45) is 5.08. The molecule has 1 heterocycles. The summed E-state index contributed by atoms with van der Waals surface area (Å²) in [6, 6.07) is 8.78. The average molecular weight is 285 g/mol. The van der Waals surface area contributed by atoms with Crippen LogP contribution in [0.1, 0.15) is 55.6 Å². The molecule has 0 bridgehead atoms. The first kappa shape index (κ1) is 14.3. The van der Waals surface area contributed by atoms with E-state index in [9.17, 15) is 5.11 Å². The second kappa shape index (κ2) is 5.98. The van der Waals surface area contributed by atoms with Gasteiger partial charge in [0, 0.05) is 18.4 Å². The van der Waals surface area contributed by atoms with Gasteiger partial charge in [0.1, 0.15) is 12.2 Å². The molecular formula is C17H23N3O. The van der Waals surface area contributed by atoms with E-state index in [4.69, 9.17) is 0 Å². The quantitative estimate of drug-likeness (QED) is 0.939. The molecule has 1 aromatic heterocycles. The first-order valence-corrected chi connectivity index (χ1v) is 7.81. The highest BCUT2D eigenvalue weighted by molar-refractivity contribution is 5.33. The summed E-state index contributed by atoms with van der Waals surface area (Å²) in [7, 11) is 0. The third kappa shape index (κ3) is 2.86. The van der Waals surface area contributed by atoms with Crippen molar-refractivity contribution in [1.82, 2.24) is 14.8 Å². The number of hydrogen-bond donors (Lipinski definition) is 1. The standard InChI is InChI=1S/C17H23N3O/c1-12(2)20-17(18-11-19-20)10-16(21)15-9-5-7-13-6-3-4-8-14(13)15/h3-4,6,8,11-12,15-16,21H,5,7,9-10H2,1-2H3. The number of hydrogen-bond acceptors (Lipinski definition) is 3. The van der Waals surface area contributed by atoms with E-state index in [1.807, 2.05) is 4.68 Å². The van der Waals surface area contributed by atoms with Gasteiger partial charge in [0.2, 0.25) is 0 Å². The summed E-state index contributed by atoms with van der Waals surface area (Å²) >= 11 is 0. The highest BCUT2D eigenvalue weighted by Crippen LogP contribution is 2.34. The molecular weight excluding hydrogens is 262 g/mol. The molecule has 2 aromatic rings. The van der Waals surface area contributed by atoms with Gasteiger partial charge in [0.25, 0.3) is 0 Å². The molecule has 0 saturated carbocycles. The normalized spacial score (nSPS) is 19.5. The largest absolute Gasteiger partial charge is 0.392 e. The van der Waals surface area contributed by atoms with Gasteiger partial charge in [0.05, 0.1) is 6.10 Å². The van der Waals surface area contributed by atoms with Crippen molar-refractivity contribution in [1.29, 1.82) is 0 Å². The van der Waals surface area contributed by atoms with Crippen LogP contribution in [0.25, 0.3) is 0 Å². The third-order valence-electron chi connectivity index (χ3n) is 4.41. The number of benzene rings is 1. The van der Waals surface area contributed by atoms with Gasteiger partial charge >= 0.3 is 0 Å². The van der Waals surface area contributed by atoms with Gasteiger partial charge in [0.15, 0.2) is 0 Å². The highest BCUT2D eigenvalue weighted by atomic mass is 16.3. The molecule has 2 unspecified atom stereocenters. The zero-order valence-electron chi connectivity index (χ0n) is 12.7. The number of nitrogens with zero attached hydrogens (tertiary/aromatic N) is 3. The Morgan fingerprint density at radius 3 is 2.95 bits per heavy atom. The molecule has 21 heavy (non-hydrogen) atoms. The van der Waals surface area contributed by atoms with Crippen LogP contribution in [0, 0.1) is 0 Å². The molecule has 3 rings (SSSR count). The second-order valence-electron chi connectivity index (χ2n) is 6.18. The maximum atomic E-state index is 10.7. The van der Waals surface area contributed by atoms with E-state index in [0.717, 1.165) is 25.1 Å². The number of fused-ring (bicyclic) bond motifs is 1. The van der Waals surface area contributed by atoms with Gasteiger partial charge in [-0.1, -0.05) is 24.3 Å². The molecule has 4 heteroatoms. The first-order valence-electron chi connectivity index (χ1n) is 7.81. The monoisotopic (exact) mass is 285 g/mol. The zero-order valence-corrected chi connectivity index (χ0v) is 12.7. The first-order chi connectivity index (χ1) is 10.2. The van der Waals surface area contributed by atoms with Gasteiger partial charge in [-0.25, -0.2) is 9.67 Å². The third-order valence-corrected chi connectivity index (χ3v) is 4.41. The summed E-state index contributed by atoms with van der Waals surface area (Å²) in [5, 5.41) is 15.0. The molecule has 0 radical (unpaired) electrons. The van der Waals surface area contributed by atoms with Crippen LogP contribution in [0.3, 0.4) is 0 Å². The van der Waals surface area contributed by atoms with Crippen molar-refractivity contribution in [2.45, 2.75) is 57.6 Å². The lowest BCUT2D eigenvalue weighted by Gasteiger charge is -2.29. The van der Waals surface area contributed by atoms with Crippen LogP contribution >= 0.6 is 0 Å². The van der Waals surface area contributed by atoms with Crippen LogP contribution in [0.4, 0.5) is 0 Å². The molecule has 1 aliphatic carbocycles. The molecule has 0 saturated heterocycles. The molecule has 1 aliphatic rings. The Morgan fingerprint density at radius 2 is 2.14 bits per heavy atom. The molecule has 0 amide bonds. The number of rotatable bonds is 4. The van der Waals surface area contributed by atoms with E-state index in [-0.39, 0.29) is 12.0 Å². The zero-order chi connectivity index (χ0) is 14.8. The molecule has 0 fully saturated rings. The van der Waals surface area contributed by atoms with Crippen LogP contribution in [-0.2, 0) is 12.8 Å². The predicted molar refractivity (Wildman–Crippen MR) is 82.2 cm³/mol. The lowest BCUT2D eigenvalue weighted by molar-refractivity contribution is 0.130. The summed E-state index contributed by atoms with van der Waals surface area (Å²) in [5.74, 6) is 1.09. The van der Waals surface area contributed by atoms with Crippen molar-refractivity contribution in [3.8, 4) is 0 Å². The summed E-state index contributed by atoms with van der Waals surface area (Å²) in [4.78, 5) is 4.32. The maximum absolute atomic E-state index is 10.7. The molecule has 1 aromatic carbocycles. The van der Waals surface area contributed by atoms with Crippen molar-refractivity contribution in [3.63, 3.8) is 0 Å². The van der Waals surface area contributed by atoms with E-state index in [1.54, 1.807) is 6.33 Å². The van der Waals surface area contributed by atoms with E-state index in [2.05, 4.69) is 48.2 Å². The fourth-order valence-corrected chi connectivity index (χ4v) is 3.37. The maximum Gasteiger partial charge on any atom is 0.138 e. The van der Waals surface area contributed by atoms with Crippen molar-refractivity contribution in [3.05, 3.63) is 47.5 Å². The Kier molecular flexibility index (Phi) is 4.06. The van der Waals surface area contributed by atoms with Crippen LogP contribution < -0.4 is 0 Å². The van der Waals surface area contributed by atoms with E-state index in [1.165, 1.54) is 11.1 Å². The summed E-state index contributed by atoms with van der Waals surface area (Å²) < 4.78 is 1.90. The molecule has 0 aliphatic heterocycles. The van der Waals surface area contributed by atoms with Gasteiger partial charge in [-0.3, -0.25) is 0 Å². The minimum atomic E-state index is -0.395. The Labute approximate surface area is 125 Å². The topological polar surface area (TPSA) is 50.9 Å². The minimum absolute atomic E-state index is 0.215. The van der Waals surface area contributed by atoms with Gasteiger partial charge < -0.3 is 5.11 Å². The van der Waals surface area contributed by atoms with Crippen molar-refractivity contribution in [2.75, 3.05) is 0 Å². The van der Waals surface area contributed by atoms with E-state index in [0.29, 0.717) is 6.42 Å². The van der Waals surface area contributed by atoms with Gasteiger partial charge in [-0.15, -0.1) is 0 Å². The lowest BCUT2D eigenvalue weighted by atomic mass is 9.79. The molecule has 0 spiro atoms. The van der Waals surface area contributed by atoms with Crippen molar-refractivity contribution >= 4 is 0 Å². The summed E-state index contributed by atoms with van der Waals surface area (Å²) in [6.45, 7) is 4.17. The number of aromatic nitrogens is 3. The van der Waals surface area contributed by atoms with E-state index < -0.39 is 6.10 Å². The average Bonchev–Trinajstić information content (AvgIpc) is 2.95. The molecule has 1 N–H and O–H groups in total. The van der Waals surface area contributed by atoms with Crippen molar-refractivity contribution < 1.29 is 5.11 Å². The smallest absolute Gasteiger partial charge is 0.138 e. The fourth-order valence-electron chi connectivity index (χ4n) is 3.37. The fraction of sp³-hybridized carbons (Fsp3) is 0.529. The van der Waals surface area contributed by atoms with Gasteiger partial charge in [-0.2, -0.15) is 5.10 Å². The van der Waals surface area contributed by atoms with Crippen LogP contribution in [-0.4, -0.2) is 26.0 Å². The Balaban J connectivity index is 1.80. The number of aryl methyl sites for hydroxylation is 1. The second-order valence-corrected chi connectivity index (χ2v) is 6.18. The number of aliphatic hydroxyl groups excluding tert-OH is 1. The van der Waals surface area contributed by atoms with Crippen molar-refractivity contribution in [2.24, 2.45) is 0 Å². The van der Waals surface area contributed by atoms with Crippen LogP contribution in [0.5, 0.6) is 0 Å². The Hall–Kier alpha value is -1.68. The summed E-state index contributed by atoms with van der Waals surface area (Å²) in [5.41, 5.74) is 2.70. The molecule has 112 valence electrons. The SMILES string of the molecule is CC(C)n1ncnc1CC(O)C1CCCc2ccccc21. The predicted octanol–water partition coefficient (Wildman–Crippen LogP) is 2.88. The molecule has 2 atom stereocenters. The number of aliphatic hydroxyl groups is 1.